The largest absolute Gasteiger partial charge is 0.392 e. The number of rotatable bonds is 3. The summed E-state index contributed by atoms with van der Waals surface area (Å²) in [7, 11) is 0. The molecule has 1 N–H and O–H groups in total. The Morgan fingerprint density at radius 2 is 1.67 bits per heavy atom. The molecule has 0 spiro atoms. The molecule has 12 heavy (non-hydrogen) atoms. The van der Waals surface area contributed by atoms with Crippen LogP contribution in [0.25, 0.3) is 0 Å². The highest BCUT2D eigenvalue weighted by molar-refractivity contribution is 4.71. The number of hydrogen-bond acceptors (Lipinski definition) is 3. The van der Waals surface area contributed by atoms with E-state index in [1.54, 1.807) is 0 Å². The Morgan fingerprint density at radius 3 is 2.08 bits per heavy atom. The Bertz CT molecular complexity index is 120. The third kappa shape index (κ3) is 3.09. The Balaban J connectivity index is 2.17. The van der Waals surface area contributed by atoms with E-state index in [1.165, 1.54) is 0 Å². The summed E-state index contributed by atoms with van der Waals surface area (Å²) in [6.07, 6.45) is -0.182. The van der Waals surface area contributed by atoms with Crippen molar-refractivity contribution in [1.29, 1.82) is 0 Å². The highest BCUT2D eigenvalue weighted by atomic mass is 16.3. The second-order valence-corrected chi connectivity index (χ2v) is 3.58. The monoisotopic (exact) mass is 172 g/mol. The zero-order chi connectivity index (χ0) is 8.97. The van der Waals surface area contributed by atoms with Crippen LogP contribution in [-0.4, -0.2) is 60.3 Å². The third-order valence-corrected chi connectivity index (χ3v) is 2.43. The van der Waals surface area contributed by atoms with E-state index in [2.05, 4.69) is 16.7 Å². The highest BCUT2D eigenvalue weighted by Crippen LogP contribution is 2.01. The van der Waals surface area contributed by atoms with Gasteiger partial charge in [-0.2, -0.15) is 0 Å². The number of hydrogen-bond donors (Lipinski definition) is 1. The van der Waals surface area contributed by atoms with Crippen molar-refractivity contribution in [3.05, 3.63) is 0 Å². The fourth-order valence-corrected chi connectivity index (χ4v) is 1.66. The van der Waals surface area contributed by atoms with Gasteiger partial charge in [0, 0.05) is 32.7 Å². The quantitative estimate of drug-likeness (QED) is 0.649. The summed E-state index contributed by atoms with van der Waals surface area (Å²) in [5, 5.41) is 9.17. The maximum absolute atomic E-state index is 9.17. The minimum absolute atomic E-state index is 0.182. The first-order chi connectivity index (χ1) is 5.72. The van der Waals surface area contributed by atoms with Crippen LogP contribution in [0.4, 0.5) is 0 Å². The fourth-order valence-electron chi connectivity index (χ4n) is 1.66. The Kier molecular flexibility index (Phi) is 3.98. The molecule has 72 valence electrons. The molecule has 0 radical (unpaired) electrons. The molecule has 0 bridgehead atoms. The molecule has 0 amide bonds. The molecule has 1 saturated heterocycles. The van der Waals surface area contributed by atoms with Gasteiger partial charge in [0.05, 0.1) is 6.10 Å². The van der Waals surface area contributed by atoms with Crippen LogP contribution in [0.1, 0.15) is 13.8 Å². The Labute approximate surface area is 75.0 Å². The van der Waals surface area contributed by atoms with Gasteiger partial charge in [-0.05, 0) is 13.5 Å². The number of β-amino-alcohol motifs (C(OH)–C–C–N with tert-alkyl or cyclic N) is 1. The zero-order valence-corrected chi connectivity index (χ0v) is 8.16. The molecule has 3 nitrogen and oxygen atoms in total. The van der Waals surface area contributed by atoms with Crippen LogP contribution in [0, 0.1) is 0 Å². The predicted molar refractivity (Wildman–Crippen MR) is 50.2 cm³/mol. The molecule has 1 aliphatic rings. The van der Waals surface area contributed by atoms with Crippen molar-refractivity contribution in [2.45, 2.75) is 20.0 Å². The van der Waals surface area contributed by atoms with Crippen molar-refractivity contribution >= 4 is 0 Å². The van der Waals surface area contributed by atoms with Gasteiger partial charge in [-0.1, -0.05) is 6.92 Å². The van der Waals surface area contributed by atoms with Crippen LogP contribution in [-0.2, 0) is 0 Å². The zero-order valence-electron chi connectivity index (χ0n) is 8.16. The van der Waals surface area contributed by atoms with E-state index in [0.717, 1.165) is 39.3 Å². The van der Waals surface area contributed by atoms with Crippen molar-refractivity contribution in [2.24, 2.45) is 0 Å². The summed E-state index contributed by atoms with van der Waals surface area (Å²) in [6, 6.07) is 0. The third-order valence-electron chi connectivity index (χ3n) is 2.43. The fraction of sp³-hybridized carbons (Fsp3) is 1.00. The molecular weight excluding hydrogens is 152 g/mol. The van der Waals surface area contributed by atoms with Crippen molar-refractivity contribution < 1.29 is 5.11 Å². The van der Waals surface area contributed by atoms with Gasteiger partial charge in [0.2, 0.25) is 0 Å². The van der Waals surface area contributed by atoms with Gasteiger partial charge in [-0.25, -0.2) is 0 Å². The van der Waals surface area contributed by atoms with Crippen molar-refractivity contribution in [3.63, 3.8) is 0 Å². The lowest BCUT2D eigenvalue weighted by atomic mass is 10.3. The highest BCUT2D eigenvalue weighted by Gasteiger charge is 2.15. The molecule has 1 fully saturated rings. The number of aliphatic hydroxyl groups excluding tert-OH is 1. The molecule has 1 aliphatic heterocycles. The van der Waals surface area contributed by atoms with Crippen LogP contribution in [0.3, 0.4) is 0 Å². The molecule has 1 atom stereocenters. The van der Waals surface area contributed by atoms with Gasteiger partial charge in [-0.15, -0.1) is 0 Å². The second-order valence-electron chi connectivity index (χ2n) is 3.58. The van der Waals surface area contributed by atoms with E-state index >= 15 is 0 Å². The van der Waals surface area contributed by atoms with Crippen molar-refractivity contribution in [1.82, 2.24) is 9.80 Å². The summed E-state index contributed by atoms with van der Waals surface area (Å²) in [6.45, 7) is 10.6. The molecule has 0 unspecified atom stereocenters. The molecule has 0 aliphatic carbocycles. The normalized spacial score (nSPS) is 24.2. The number of likely N-dealkylation sites (N-methyl/N-ethyl adjacent to an activating group) is 1. The van der Waals surface area contributed by atoms with Crippen LogP contribution in [0.5, 0.6) is 0 Å². The van der Waals surface area contributed by atoms with Gasteiger partial charge in [-0.3, -0.25) is 4.90 Å². The van der Waals surface area contributed by atoms with E-state index in [0.29, 0.717) is 0 Å². The Hall–Kier alpha value is -0.120. The van der Waals surface area contributed by atoms with E-state index in [-0.39, 0.29) is 6.10 Å². The van der Waals surface area contributed by atoms with E-state index in [4.69, 9.17) is 0 Å². The number of aliphatic hydroxyl groups is 1. The van der Waals surface area contributed by atoms with Crippen LogP contribution < -0.4 is 0 Å². The van der Waals surface area contributed by atoms with E-state index in [1.807, 2.05) is 6.92 Å². The summed E-state index contributed by atoms with van der Waals surface area (Å²) in [5.41, 5.74) is 0. The summed E-state index contributed by atoms with van der Waals surface area (Å²) in [4.78, 5) is 4.77. The minimum Gasteiger partial charge on any atom is -0.392 e. The minimum atomic E-state index is -0.182. The molecule has 0 aromatic carbocycles. The van der Waals surface area contributed by atoms with E-state index in [9.17, 15) is 5.11 Å². The summed E-state index contributed by atoms with van der Waals surface area (Å²) in [5.74, 6) is 0. The van der Waals surface area contributed by atoms with Gasteiger partial charge in [0.25, 0.3) is 0 Å². The second kappa shape index (κ2) is 4.80. The lowest BCUT2D eigenvalue weighted by Gasteiger charge is -2.34. The lowest BCUT2D eigenvalue weighted by molar-refractivity contribution is 0.0829. The van der Waals surface area contributed by atoms with Crippen molar-refractivity contribution in [2.75, 3.05) is 39.3 Å². The van der Waals surface area contributed by atoms with Crippen LogP contribution >= 0.6 is 0 Å². The standard InChI is InChI=1S/C9H20N2O/c1-3-10-4-6-11(7-5-10)8-9(2)12/h9,12H,3-8H2,1-2H3/t9-/m0/s1. The SMILES string of the molecule is CCN1CCN(C[C@H](C)O)CC1. The Morgan fingerprint density at radius 1 is 1.17 bits per heavy atom. The summed E-state index contributed by atoms with van der Waals surface area (Å²) >= 11 is 0. The van der Waals surface area contributed by atoms with Crippen LogP contribution in [0.2, 0.25) is 0 Å². The maximum atomic E-state index is 9.17. The molecule has 1 heterocycles. The van der Waals surface area contributed by atoms with E-state index < -0.39 is 0 Å². The molecule has 0 aromatic heterocycles. The smallest absolute Gasteiger partial charge is 0.0639 e. The number of nitrogens with zero attached hydrogens (tertiary/aromatic N) is 2. The average molecular weight is 172 g/mol. The lowest BCUT2D eigenvalue weighted by Crippen LogP contribution is -2.47. The average Bonchev–Trinajstić information content (AvgIpc) is 2.05. The van der Waals surface area contributed by atoms with Gasteiger partial charge in [0.15, 0.2) is 0 Å². The van der Waals surface area contributed by atoms with Crippen molar-refractivity contribution in [3.8, 4) is 0 Å². The first-order valence-electron chi connectivity index (χ1n) is 4.85. The molecule has 0 aromatic rings. The molecule has 0 saturated carbocycles. The summed E-state index contributed by atoms with van der Waals surface area (Å²) < 4.78 is 0. The first-order valence-corrected chi connectivity index (χ1v) is 4.85. The van der Waals surface area contributed by atoms with Gasteiger partial charge < -0.3 is 10.0 Å². The maximum Gasteiger partial charge on any atom is 0.0639 e. The topological polar surface area (TPSA) is 26.7 Å². The molecular formula is C9H20N2O. The number of piperazine rings is 1. The molecule has 1 rings (SSSR count). The van der Waals surface area contributed by atoms with Gasteiger partial charge >= 0.3 is 0 Å². The first kappa shape index (κ1) is 9.96. The van der Waals surface area contributed by atoms with Gasteiger partial charge in [0.1, 0.15) is 0 Å². The molecule has 3 heteroatoms. The van der Waals surface area contributed by atoms with Crippen LogP contribution in [0.15, 0.2) is 0 Å². The predicted octanol–water partition coefficient (Wildman–Crippen LogP) is 0.00470.